The van der Waals surface area contributed by atoms with E-state index in [4.69, 9.17) is 9.47 Å². The molecule has 106 valence electrons. The van der Waals surface area contributed by atoms with Crippen LogP contribution in [-0.4, -0.2) is 25.0 Å². The van der Waals surface area contributed by atoms with Crippen LogP contribution in [0.15, 0.2) is 24.3 Å². The fraction of sp³-hybridized carbons (Fsp3) is 0.625. The molecule has 1 atom stereocenters. The lowest BCUT2D eigenvalue weighted by atomic mass is 10.0. The number of rotatable bonds is 4. The van der Waals surface area contributed by atoms with Crippen molar-refractivity contribution in [3.63, 3.8) is 0 Å². The molecule has 1 aliphatic heterocycles. The standard InChI is InChI=1S/C16H25NO2/c1-5-13-6-8-14(9-7-13)12(2)17-15-10-18-16(3,4)19-11-15/h6-9,12,15,17H,5,10-11H2,1-4H3. The molecule has 0 aromatic heterocycles. The Morgan fingerprint density at radius 3 is 2.32 bits per heavy atom. The van der Waals surface area contributed by atoms with Crippen molar-refractivity contribution in [1.29, 1.82) is 0 Å². The van der Waals surface area contributed by atoms with Crippen molar-refractivity contribution in [3.05, 3.63) is 35.4 Å². The maximum absolute atomic E-state index is 5.67. The first-order chi connectivity index (χ1) is 9.00. The Hall–Kier alpha value is -0.900. The van der Waals surface area contributed by atoms with Gasteiger partial charge >= 0.3 is 0 Å². The van der Waals surface area contributed by atoms with Crippen molar-refractivity contribution in [2.24, 2.45) is 0 Å². The number of benzene rings is 1. The van der Waals surface area contributed by atoms with E-state index in [9.17, 15) is 0 Å². The van der Waals surface area contributed by atoms with Gasteiger partial charge in [-0.05, 0) is 38.3 Å². The zero-order valence-electron chi connectivity index (χ0n) is 12.4. The summed E-state index contributed by atoms with van der Waals surface area (Å²) in [7, 11) is 0. The molecule has 0 saturated carbocycles. The first-order valence-corrected chi connectivity index (χ1v) is 7.13. The van der Waals surface area contributed by atoms with Gasteiger partial charge in [-0.1, -0.05) is 31.2 Å². The molecular weight excluding hydrogens is 238 g/mol. The Morgan fingerprint density at radius 1 is 1.21 bits per heavy atom. The summed E-state index contributed by atoms with van der Waals surface area (Å²) < 4.78 is 11.3. The van der Waals surface area contributed by atoms with Crippen molar-refractivity contribution in [2.75, 3.05) is 13.2 Å². The van der Waals surface area contributed by atoms with Gasteiger partial charge in [-0.25, -0.2) is 0 Å². The molecule has 0 spiro atoms. The van der Waals surface area contributed by atoms with Crippen molar-refractivity contribution >= 4 is 0 Å². The van der Waals surface area contributed by atoms with Gasteiger partial charge in [0.1, 0.15) is 0 Å². The highest BCUT2D eigenvalue weighted by Crippen LogP contribution is 2.20. The average Bonchev–Trinajstić information content (AvgIpc) is 2.41. The largest absolute Gasteiger partial charge is 0.349 e. The summed E-state index contributed by atoms with van der Waals surface area (Å²) in [5.41, 5.74) is 2.68. The van der Waals surface area contributed by atoms with E-state index < -0.39 is 5.79 Å². The average molecular weight is 263 g/mol. The summed E-state index contributed by atoms with van der Waals surface area (Å²) in [6, 6.07) is 9.36. The van der Waals surface area contributed by atoms with Crippen LogP contribution in [0.4, 0.5) is 0 Å². The van der Waals surface area contributed by atoms with E-state index in [0.29, 0.717) is 19.3 Å². The van der Waals surface area contributed by atoms with Crippen molar-refractivity contribution in [1.82, 2.24) is 5.32 Å². The molecule has 1 unspecified atom stereocenters. The molecule has 3 nitrogen and oxygen atoms in total. The van der Waals surface area contributed by atoms with Crippen LogP contribution in [-0.2, 0) is 15.9 Å². The van der Waals surface area contributed by atoms with Gasteiger partial charge in [0.15, 0.2) is 5.79 Å². The molecule has 1 aliphatic rings. The second-order valence-corrected chi connectivity index (χ2v) is 5.70. The third-order valence-electron chi connectivity index (χ3n) is 3.64. The topological polar surface area (TPSA) is 30.5 Å². The van der Waals surface area contributed by atoms with Gasteiger partial charge < -0.3 is 14.8 Å². The second kappa shape index (κ2) is 6.04. The predicted molar refractivity (Wildman–Crippen MR) is 77.1 cm³/mol. The summed E-state index contributed by atoms with van der Waals surface area (Å²) >= 11 is 0. The van der Waals surface area contributed by atoms with E-state index in [-0.39, 0.29) is 6.04 Å². The van der Waals surface area contributed by atoms with Gasteiger partial charge in [0.25, 0.3) is 0 Å². The van der Waals surface area contributed by atoms with Gasteiger partial charge in [-0.3, -0.25) is 0 Å². The van der Waals surface area contributed by atoms with E-state index in [0.717, 1.165) is 6.42 Å². The van der Waals surface area contributed by atoms with Crippen molar-refractivity contribution < 1.29 is 9.47 Å². The van der Waals surface area contributed by atoms with Crippen LogP contribution in [0, 0.1) is 0 Å². The van der Waals surface area contributed by atoms with Gasteiger partial charge in [0.05, 0.1) is 19.3 Å². The first-order valence-electron chi connectivity index (χ1n) is 7.13. The fourth-order valence-corrected chi connectivity index (χ4v) is 2.28. The highest BCUT2D eigenvalue weighted by atomic mass is 16.7. The number of ether oxygens (including phenoxy) is 2. The molecule has 1 fully saturated rings. The third kappa shape index (κ3) is 4.03. The van der Waals surface area contributed by atoms with Crippen molar-refractivity contribution in [2.45, 2.75) is 52.0 Å². The predicted octanol–water partition coefficient (Wildman–Crippen LogP) is 3.05. The highest BCUT2D eigenvalue weighted by molar-refractivity contribution is 5.24. The third-order valence-corrected chi connectivity index (χ3v) is 3.64. The monoisotopic (exact) mass is 263 g/mol. The first kappa shape index (κ1) is 14.5. The Morgan fingerprint density at radius 2 is 1.79 bits per heavy atom. The molecule has 0 aliphatic carbocycles. The zero-order valence-corrected chi connectivity index (χ0v) is 12.4. The molecule has 0 radical (unpaired) electrons. The lowest BCUT2D eigenvalue weighted by Crippen LogP contribution is -2.49. The van der Waals surface area contributed by atoms with E-state index in [1.165, 1.54) is 11.1 Å². The van der Waals surface area contributed by atoms with Gasteiger partial charge in [0.2, 0.25) is 0 Å². The molecule has 0 amide bonds. The van der Waals surface area contributed by atoms with E-state index in [1.807, 2.05) is 13.8 Å². The molecule has 1 aromatic rings. The molecule has 1 heterocycles. The zero-order chi connectivity index (χ0) is 13.9. The SMILES string of the molecule is CCc1ccc(C(C)NC2COC(C)(C)OC2)cc1. The Bertz CT molecular complexity index is 390. The maximum atomic E-state index is 5.67. The minimum Gasteiger partial charge on any atom is -0.349 e. The van der Waals surface area contributed by atoms with E-state index in [2.05, 4.69) is 43.4 Å². The quantitative estimate of drug-likeness (QED) is 0.905. The molecule has 3 heteroatoms. The van der Waals surface area contributed by atoms with E-state index in [1.54, 1.807) is 0 Å². The molecule has 1 saturated heterocycles. The van der Waals surface area contributed by atoms with Gasteiger partial charge in [-0.2, -0.15) is 0 Å². The summed E-state index contributed by atoms with van der Waals surface area (Å²) in [6.07, 6.45) is 1.08. The molecule has 2 rings (SSSR count). The molecule has 19 heavy (non-hydrogen) atoms. The van der Waals surface area contributed by atoms with Gasteiger partial charge in [-0.15, -0.1) is 0 Å². The van der Waals surface area contributed by atoms with Crippen molar-refractivity contribution in [3.8, 4) is 0 Å². The Labute approximate surface area is 116 Å². The fourth-order valence-electron chi connectivity index (χ4n) is 2.28. The van der Waals surface area contributed by atoms with Crippen LogP contribution in [0.1, 0.15) is 44.9 Å². The maximum Gasteiger partial charge on any atom is 0.162 e. The van der Waals surface area contributed by atoms with Crippen LogP contribution in [0.25, 0.3) is 0 Å². The lowest BCUT2D eigenvalue weighted by molar-refractivity contribution is -0.253. The van der Waals surface area contributed by atoms with Crippen LogP contribution in [0.3, 0.4) is 0 Å². The molecule has 1 N–H and O–H groups in total. The molecule has 0 bridgehead atoms. The molecule has 1 aromatic carbocycles. The Kier molecular flexibility index (Phi) is 4.61. The number of hydrogen-bond donors (Lipinski definition) is 1. The summed E-state index contributed by atoms with van der Waals surface area (Å²) in [5.74, 6) is -0.440. The summed E-state index contributed by atoms with van der Waals surface area (Å²) in [4.78, 5) is 0. The van der Waals surface area contributed by atoms with E-state index >= 15 is 0 Å². The van der Waals surface area contributed by atoms with Crippen LogP contribution < -0.4 is 5.32 Å². The second-order valence-electron chi connectivity index (χ2n) is 5.70. The minimum absolute atomic E-state index is 0.258. The number of aryl methyl sites for hydroxylation is 1. The normalized spacial score (nSPS) is 21.3. The van der Waals surface area contributed by atoms with Crippen LogP contribution in [0.5, 0.6) is 0 Å². The van der Waals surface area contributed by atoms with Crippen LogP contribution in [0.2, 0.25) is 0 Å². The number of nitrogens with one attached hydrogen (secondary N) is 1. The highest BCUT2D eigenvalue weighted by Gasteiger charge is 2.28. The van der Waals surface area contributed by atoms with Crippen LogP contribution >= 0.6 is 0 Å². The number of hydrogen-bond acceptors (Lipinski definition) is 3. The minimum atomic E-state index is -0.440. The summed E-state index contributed by atoms with van der Waals surface area (Å²) in [5, 5.41) is 3.56. The Balaban J connectivity index is 1.88. The smallest absolute Gasteiger partial charge is 0.162 e. The molecular formula is C16H25NO2. The lowest BCUT2D eigenvalue weighted by Gasteiger charge is -2.36. The van der Waals surface area contributed by atoms with Gasteiger partial charge in [0, 0.05) is 6.04 Å². The summed E-state index contributed by atoms with van der Waals surface area (Å²) in [6.45, 7) is 9.66.